The summed E-state index contributed by atoms with van der Waals surface area (Å²) in [6, 6.07) is 5.73. The highest BCUT2D eigenvalue weighted by Gasteiger charge is 2.13. The molecule has 3 aromatic heterocycles. The number of aromatic nitrogens is 5. The van der Waals surface area contributed by atoms with Crippen molar-refractivity contribution in [3.63, 3.8) is 0 Å². The molecule has 0 unspecified atom stereocenters. The van der Waals surface area contributed by atoms with E-state index in [1.165, 1.54) is 25.9 Å². The number of nitrogens with zero attached hydrogens (tertiary/aromatic N) is 6. The Morgan fingerprint density at radius 2 is 2.00 bits per heavy atom. The Kier molecular flexibility index (Phi) is 3.85. The van der Waals surface area contributed by atoms with E-state index in [0.29, 0.717) is 0 Å². The van der Waals surface area contributed by atoms with Crippen LogP contribution >= 0.6 is 0 Å². The average Bonchev–Trinajstić information content (AvgIpc) is 3.25. The van der Waals surface area contributed by atoms with E-state index in [0.717, 1.165) is 35.8 Å². The molecule has 118 valence electrons. The van der Waals surface area contributed by atoms with E-state index < -0.39 is 0 Å². The monoisotopic (exact) mass is 309 g/mol. The van der Waals surface area contributed by atoms with Crippen LogP contribution in [0.25, 0.3) is 16.9 Å². The van der Waals surface area contributed by atoms with Crippen LogP contribution in [0.15, 0.2) is 36.9 Å². The van der Waals surface area contributed by atoms with Gasteiger partial charge in [-0.15, -0.1) is 0 Å². The Balaban J connectivity index is 1.55. The quantitative estimate of drug-likeness (QED) is 0.774. The van der Waals surface area contributed by atoms with Crippen LogP contribution in [0.2, 0.25) is 0 Å². The second kappa shape index (κ2) is 6.29. The second-order valence-corrected chi connectivity index (χ2v) is 5.68. The van der Waals surface area contributed by atoms with Gasteiger partial charge in [-0.05, 0) is 38.1 Å². The number of fused-ring (bicyclic) bond motifs is 1. The average molecular weight is 309 g/mol. The lowest BCUT2D eigenvalue weighted by Gasteiger charge is -2.15. The molecular weight excluding hydrogens is 290 g/mol. The molecule has 0 amide bonds. The number of hydrogen-bond donors (Lipinski definition) is 1. The van der Waals surface area contributed by atoms with Crippen molar-refractivity contribution in [3.8, 4) is 5.82 Å². The summed E-state index contributed by atoms with van der Waals surface area (Å²) in [5.41, 5.74) is 0.766. The van der Waals surface area contributed by atoms with E-state index in [2.05, 4.69) is 30.3 Å². The normalized spacial score (nSPS) is 15.3. The number of nitrogens with one attached hydrogen (secondary N) is 1. The first-order chi connectivity index (χ1) is 11.4. The second-order valence-electron chi connectivity index (χ2n) is 5.68. The molecule has 0 aromatic carbocycles. The molecule has 0 radical (unpaired) electrons. The van der Waals surface area contributed by atoms with Crippen molar-refractivity contribution in [2.45, 2.75) is 12.8 Å². The summed E-state index contributed by atoms with van der Waals surface area (Å²) in [5, 5.41) is 8.74. The van der Waals surface area contributed by atoms with Gasteiger partial charge in [0.15, 0.2) is 11.5 Å². The van der Waals surface area contributed by atoms with Gasteiger partial charge in [0.25, 0.3) is 0 Å². The van der Waals surface area contributed by atoms with E-state index in [1.54, 1.807) is 23.4 Å². The Hall–Kier alpha value is -2.54. The van der Waals surface area contributed by atoms with Crippen LogP contribution in [0, 0.1) is 0 Å². The lowest BCUT2D eigenvalue weighted by Crippen LogP contribution is -2.26. The van der Waals surface area contributed by atoms with Crippen molar-refractivity contribution in [1.82, 2.24) is 29.6 Å². The summed E-state index contributed by atoms with van der Waals surface area (Å²) in [5.74, 6) is 1.58. The van der Waals surface area contributed by atoms with Gasteiger partial charge in [0.1, 0.15) is 12.1 Å². The fourth-order valence-corrected chi connectivity index (χ4v) is 2.97. The third kappa shape index (κ3) is 2.87. The lowest BCUT2D eigenvalue weighted by molar-refractivity contribution is 0.352. The highest BCUT2D eigenvalue weighted by atomic mass is 15.3. The van der Waals surface area contributed by atoms with Crippen LogP contribution in [0.3, 0.4) is 0 Å². The van der Waals surface area contributed by atoms with E-state index >= 15 is 0 Å². The van der Waals surface area contributed by atoms with Gasteiger partial charge in [-0.1, -0.05) is 6.07 Å². The lowest BCUT2D eigenvalue weighted by atomic mass is 10.4. The third-order valence-electron chi connectivity index (χ3n) is 4.15. The predicted octanol–water partition coefficient (Wildman–Crippen LogP) is 1.72. The molecular formula is C16H19N7. The van der Waals surface area contributed by atoms with Crippen molar-refractivity contribution < 1.29 is 0 Å². The van der Waals surface area contributed by atoms with Crippen molar-refractivity contribution in [1.29, 1.82) is 0 Å². The number of hydrogen-bond acceptors (Lipinski definition) is 6. The van der Waals surface area contributed by atoms with Crippen LogP contribution < -0.4 is 5.32 Å². The van der Waals surface area contributed by atoms with Crippen LogP contribution in [-0.2, 0) is 0 Å². The SMILES string of the molecule is c1ccc(-n2ncc3c(NCCN4CCCC4)ncnc32)nc1. The van der Waals surface area contributed by atoms with E-state index in [9.17, 15) is 0 Å². The molecule has 0 atom stereocenters. The van der Waals surface area contributed by atoms with Crippen LogP contribution in [0.4, 0.5) is 5.82 Å². The Morgan fingerprint density at radius 1 is 1.09 bits per heavy atom. The molecule has 3 aromatic rings. The van der Waals surface area contributed by atoms with Gasteiger partial charge in [-0.3, -0.25) is 0 Å². The van der Waals surface area contributed by atoms with Gasteiger partial charge in [-0.2, -0.15) is 9.78 Å². The largest absolute Gasteiger partial charge is 0.368 e. The number of pyridine rings is 1. The molecule has 1 saturated heterocycles. The Bertz CT molecular complexity index is 777. The molecule has 1 aliphatic heterocycles. The fraction of sp³-hybridized carbons (Fsp3) is 0.375. The molecule has 7 heteroatoms. The zero-order valence-corrected chi connectivity index (χ0v) is 12.9. The topological polar surface area (TPSA) is 71.8 Å². The van der Waals surface area contributed by atoms with Crippen LogP contribution in [-0.4, -0.2) is 55.8 Å². The van der Waals surface area contributed by atoms with Gasteiger partial charge in [0.2, 0.25) is 0 Å². The summed E-state index contributed by atoms with van der Waals surface area (Å²) < 4.78 is 1.74. The minimum Gasteiger partial charge on any atom is -0.368 e. The molecule has 23 heavy (non-hydrogen) atoms. The molecule has 0 spiro atoms. The van der Waals surface area contributed by atoms with Gasteiger partial charge in [0.05, 0.1) is 11.6 Å². The molecule has 0 saturated carbocycles. The maximum Gasteiger partial charge on any atom is 0.170 e. The van der Waals surface area contributed by atoms with Crippen molar-refractivity contribution in [3.05, 3.63) is 36.9 Å². The van der Waals surface area contributed by atoms with Gasteiger partial charge in [0, 0.05) is 19.3 Å². The van der Waals surface area contributed by atoms with Gasteiger partial charge >= 0.3 is 0 Å². The smallest absolute Gasteiger partial charge is 0.170 e. The van der Waals surface area contributed by atoms with Gasteiger partial charge in [-0.25, -0.2) is 15.0 Å². The number of anilines is 1. The number of rotatable bonds is 5. The first kappa shape index (κ1) is 14.1. The standard InChI is InChI=1S/C16H19N7/c1-2-6-17-14(5-1)23-16-13(11-21-23)15(19-12-20-16)18-7-10-22-8-3-4-9-22/h1-2,5-6,11-12H,3-4,7-10H2,(H,18,19,20). The highest BCUT2D eigenvalue weighted by Crippen LogP contribution is 2.20. The van der Waals surface area contributed by atoms with Crippen molar-refractivity contribution in [2.24, 2.45) is 0 Å². The maximum absolute atomic E-state index is 4.41. The third-order valence-corrected chi connectivity index (χ3v) is 4.15. The molecule has 7 nitrogen and oxygen atoms in total. The van der Waals surface area contributed by atoms with Crippen LogP contribution in [0.1, 0.15) is 12.8 Å². The van der Waals surface area contributed by atoms with E-state index in [-0.39, 0.29) is 0 Å². The van der Waals surface area contributed by atoms with Crippen molar-refractivity contribution >= 4 is 16.9 Å². The molecule has 1 N–H and O–H groups in total. The van der Waals surface area contributed by atoms with Crippen molar-refractivity contribution in [2.75, 3.05) is 31.5 Å². The first-order valence-electron chi connectivity index (χ1n) is 7.98. The molecule has 1 aliphatic rings. The minimum absolute atomic E-state index is 0.754. The summed E-state index contributed by atoms with van der Waals surface area (Å²) in [6.07, 6.45) is 7.74. The van der Waals surface area contributed by atoms with E-state index in [1.807, 2.05) is 18.2 Å². The molecule has 1 fully saturated rings. The molecule has 4 rings (SSSR count). The predicted molar refractivity (Wildman–Crippen MR) is 88.6 cm³/mol. The molecule has 0 aliphatic carbocycles. The minimum atomic E-state index is 0.754. The highest BCUT2D eigenvalue weighted by molar-refractivity contribution is 5.86. The summed E-state index contributed by atoms with van der Waals surface area (Å²) >= 11 is 0. The molecule has 4 heterocycles. The van der Waals surface area contributed by atoms with Crippen LogP contribution in [0.5, 0.6) is 0 Å². The molecule has 0 bridgehead atoms. The summed E-state index contributed by atoms with van der Waals surface area (Å²) in [6.45, 7) is 4.33. The zero-order chi connectivity index (χ0) is 15.5. The Morgan fingerprint density at radius 3 is 2.83 bits per heavy atom. The first-order valence-corrected chi connectivity index (χ1v) is 7.98. The summed E-state index contributed by atoms with van der Waals surface area (Å²) in [7, 11) is 0. The Labute approximate surface area is 134 Å². The fourth-order valence-electron chi connectivity index (χ4n) is 2.97. The van der Waals surface area contributed by atoms with Gasteiger partial charge < -0.3 is 10.2 Å². The maximum atomic E-state index is 4.41. The zero-order valence-electron chi connectivity index (χ0n) is 12.9. The summed E-state index contributed by atoms with van der Waals surface area (Å²) in [4.78, 5) is 15.5. The van der Waals surface area contributed by atoms with E-state index in [4.69, 9.17) is 0 Å². The number of likely N-dealkylation sites (tertiary alicyclic amines) is 1.